The SMILES string of the molecule is O=C(N[C@@H]1CN(C(=O)c2cccn3cncc23)CC[C@H]1c1cccc(F)c1)c1cc2ccccc2[nH]1. The van der Waals surface area contributed by atoms with Crippen LogP contribution in [0.5, 0.6) is 0 Å². The topological polar surface area (TPSA) is 82.5 Å². The zero-order valence-corrected chi connectivity index (χ0v) is 19.4. The number of carbonyl (C=O) groups excluding carboxylic acids is 2. The van der Waals surface area contributed by atoms with Crippen molar-refractivity contribution >= 4 is 28.2 Å². The first-order valence-corrected chi connectivity index (χ1v) is 11.9. The van der Waals surface area contributed by atoms with Crippen molar-refractivity contribution < 1.29 is 14.0 Å². The Labute approximate surface area is 206 Å². The number of hydrogen-bond donors (Lipinski definition) is 2. The van der Waals surface area contributed by atoms with Crippen molar-refractivity contribution in [2.24, 2.45) is 0 Å². The molecule has 3 aromatic heterocycles. The van der Waals surface area contributed by atoms with Gasteiger partial charge in [0.1, 0.15) is 11.5 Å². The van der Waals surface area contributed by atoms with E-state index in [0.29, 0.717) is 30.8 Å². The normalized spacial score (nSPS) is 18.0. The lowest BCUT2D eigenvalue weighted by Gasteiger charge is -2.39. The molecule has 2 aromatic carbocycles. The minimum atomic E-state index is -0.395. The highest BCUT2D eigenvalue weighted by atomic mass is 19.1. The van der Waals surface area contributed by atoms with Crippen molar-refractivity contribution in [2.75, 3.05) is 13.1 Å². The summed E-state index contributed by atoms with van der Waals surface area (Å²) in [5, 5.41) is 4.07. The lowest BCUT2D eigenvalue weighted by molar-refractivity contribution is 0.0655. The van der Waals surface area contributed by atoms with Crippen LogP contribution < -0.4 is 5.32 Å². The van der Waals surface area contributed by atoms with Gasteiger partial charge in [-0.1, -0.05) is 30.3 Å². The third kappa shape index (κ3) is 4.00. The van der Waals surface area contributed by atoms with Gasteiger partial charge < -0.3 is 19.6 Å². The number of carbonyl (C=O) groups is 2. The number of halogens is 1. The molecule has 1 fully saturated rings. The van der Waals surface area contributed by atoms with E-state index < -0.39 is 6.04 Å². The zero-order valence-electron chi connectivity index (χ0n) is 19.4. The van der Waals surface area contributed by atoms with Gasteiger partial charge in [-0.3, -0.25) is 9.59 Å². The number of para-hydroxylation sites is 1. The van der Waals surface area contributed by atoms with Gasteiger partial charge in [0.15, 0.2) is 0 Å². The number of amides is 2. The Morgan fingerprint density at radius 2 is 1.94 bits per heavy atom. The molecule has 2 amide bonds. The number of imidazole rings is 1. The van der Waals surface area contributed by atoms with E-state index >= 15 is 0 Å². The molecule has 0 bridgehead atoms. The maximum absolute atomic E-state index is 14.1. The van der Waals surface area contributed by atoms with Gasteiger partial charge in [0, 0.05) is 36.1 Å². The van der Waals surface area contributed by atoms with Gasteiger partial charge in [-0.2, -0.15) is 0 Å². The third-order valence-corrected chi connectivity index (χ3v) is 6.95. The Morgan fingerprint density at radius 1 is 1.06 bits per heavy atom. The number of aromatic amines is 1. The Balaban J connectivity index is 1.30. The number of pyridine rings is 1. The van der Waals surface area contributed by atoms with Crippen molar-refractivity contribution in [1.82, 2.24) is 24.6 Å². The first-order chi connectivity index (χ1) is 17.6. The summed E-state index contributed by atoms with van der Waals surface area (Å²) < 4.78 is 15.9. The van der Waals surface area contributed by atoms with Crippen molar-refractivity contribution in [2.45, 2.75) is 18.4 Å². The standard InChI is InChI=1S/C28H24FN5O2/c29-20-7-3-6-18(13-20)21-10-12-33(28(36)22-8-4-11-34-17-30-15-26(22)34)16-25(21)32-27(35)24-14-19-5-1-2-9-23(19)31-24/h1-9,11,13-15,17,21,25,31H,10,12,16H2,(H,32,35)/t21-,25+/m0/s1. The van der Waals surface area contributed by atoms with Crippen LogP contribution in [0.2, 0.25) is 0 Å². The molecule has 0 unspecified atom stereocenters. The van der Waals surface area contributed by atoms with Gasteiger partial charge in [-0.05, 0) is 48.4 Å². The van der Waals surface area contributed by atoms with Crippen LogP contribution in [0.25, 0.3) is 16.4 Å². The summed E-state index contributed by atoms with van der Waals surface area (Å²) in [5.74, 6) is -0.837. The highest BCUT2D eigenvalue weighted by molar-refractivity contribution is 6.01. The molecular formula is C28H24FN5O2. The second kappa shape index (κ2) is 8.96. The fraction of sp³-hybridized carbons (Fsp3) is 0.179. The Bertz CT molecular complexity index is 1560. The second-order valence-corrected chi connectivity index (χ2v) is 9.16. The molecule has 5 aromatic rings. The fourth-order valence-electron chi connectivity index (χ4n) is 5.16. The number of H-pyrrole nitrogens is 1. The molecule has 8 heteroatoms. The molecule has 1 aliphatic heterocycles. The van der Waals surface area contributed by atoms with E-state index in [1.54, 1.807) is 29.6 Å². The van der Waals surface area contributed by atoms with Crippen molar-refractivity contribution in [3.63, 3.8) is 0 Å². The predicted octanol–water partition coefficient (Wildman–Crippen LogP) is 4.38. The molecular weight excluding hydrogens is 457 g/mol. The third-order valence-electron chi connectivity index (χ3n) is 6.95. The largest absolute Gasteiger partial charge is 0.351 e. The van der Waals surface area contributed by atoms with Gasteiger partial charge in [0.25, 0.3) is 11.8 Å². The molecule has 4 heterocycles. The number of nitrogens with one attached hydrogen (secondary N) is 2. The molecule has 2 N–H and O–H groups in total. The van der Waals surface area contributed by atoms with Gasteiger partial charge >= 0.3 is 0 Å². The Hall–Kier alpha value is -4.46. The van der Waals surface area contributed by atoms with Gasteiger partial charge in [-0.15, -0.1) is 0 Å². The van der Waals surface area contributed by atoms with Gasteiger partial charge in [0.2, 0.25) is 0 Å². The van der Waals surface area contributed by atoms with Crippen LogP contribution in [0.4, 0.5) is 4.39 Å². The van der Waals surface area contributed by atoms with E-state index in [2.05, 4.69) is 15.3 Å². The number of fused-ring (bicyclic) bond motifs is 2. The average Bonchev–Trinajstić information content (AvgIpc) is 3.55. The maximum Gasteiger partial charge on any atom is 0.268 e. The maximum atomic E-state index is 14.1. The molecule has 0 spiro atoms. The molecule has 36 heavy (non-hydrogen) atoms. The van der Waals surface area contributed by atoms with E-state index in [-0.39, 0.29) is 23.5 Å². The Morgan fingerprint density at radius 3 is 2.81 bits per heavy atom. The minimum Gasteiger partial charge on any atom is -0.351 e. The van der Waals surface area contributed by atoms with Crippen LogP contribution in [0.1, 0.15) is 38.7 Å². The summed E-state index contributed by atoms with van der Waals surface area (Å²) in [4.78, 5) is 35.9. The number of hydrogen-bond acceptors (Lipinski definition) is 3. The predicted molar refractivity (Wildman–Crippen MR) is 134 cm³/mol. The summed E-state index contributed by atoms with van der Waals surface area (Å²) in [5.41, 5.74) is 3.41. The van der Waals surface area contributed by atoms with E-state index in [9.17, 15) is 14.0 Å². The van der Waals surface area contributed by atoms with Crippen LogP contribution in [0.15, 0.2) is 85.5 Å². The minimum absolute atomic E-state index is 0.122. The number of benzene rings is 2. The fourth-order valence-corrected chi connectivity index (χ4v) is 5.16. The monoisotopic (exact) mass is 481 g/mol. The lowest BCUT2D eigenvalue weighted by Crippen LogP contribution is -2.53. The molecule has 7 nitrogen and oxygen atoms in total. The molecule has 0 radical (unpaired) electrons. The summed E-state index contributed by atoms with van der Waals surface area (Å²) in [7, 11) is 0. The quantitative estimate of drug-likeness (QED) is 0.400. The smallest absolute Gasteiger partial charge is 0.268 e. The van der Waals surface area contributed by atoms with Crippen molar-refractivity contribution in [1.29, 1.82) is 0 Å². The van der Waals surface area contributed by atoms with E-state index in [4.69, 9.17) is 0 Å². The van der Waals surface area contributed by atoms with Crippen LogP contribution in [0, 0.1) is 5.82 Å². The highest BCUT2D eigenvalue weighted by Gasteiger charge is 2.35. The molecule has 1 aliphatic rings. The van der Waals surface area contributed by atoms with Gasteiger partial charge in [-0.25, -0.2) is 9.37 Å². The number of rotatable bonds is 4. The molecule has 180 valence electrons. The van der Waals surface area contributed by atoms with Crippen molar-refractivity contribution in [3.8, 4) is 0 Å². The van der Waals surface area contributed by atoms with Gasteiger partial charge in [0.05, 0.1) is 29.6 Å². The number of piperidine rings is 1. The van der Waals surface area contributed by atoms with E-state index in [1.165, 1.54) is 12.1 Å². The summed E-state index contributed by atoms with van der Waals surface area (Å²) in [6.07, 6.45) is 5.77. The van der Waals surface area contributed by atoms with Crippen molar-refractivity contribution in [3.05, 3.63) is 108 Å². The zero-order chi connectivity index (χ0) is 24.6. The summed E-state index contributed by atoms with van der Waals surface area (Å²) >= 11 is 0. The molecule has 6 rings (SSSR count). The van der Waals surface area contributed by atoms with E-state index in [1.807, 2.05) is 53.1 Å². The molecule has 2 atom stereocenters. The first-order valence-electron chi connectivity index (χ1n) is 11.9. The summed E-state index contributed by atoms with van der Waals surface area (Å²) in [6, 6.07) is 19.2. The van der Waals surface area contributed by atoms with Crippen LogP contribution in [0.3, 0.4) is 0 Å². The van der Waals surface area contributed by atoms with Crippen LogP contribution >= 0.6 is 0 Å². The summed E-state index contributed by atoms with van der Waals surface area (Å²) in [6.45, 7) is 0.801. The second-order valence-electron chi connectivity index (χ2n) is 9.16. The first kappa shape index (κ1) is 22.0. The van der Waals surface area contributed by atoms with E-state index in [0.717, 1.165) is 22.0 Å². The average molecular weight is 482 g/mol. The lowest BCUT2D eigenvalue weighted by atomic mass is 9.84. The molecule has 0 aliphatic carbocycles. The number of aromatic nitrogens is 3. The molecule has 1 saturated heterocycles. The van der Waals surface area contributed by atoms with Crippen LogP contribution in [-0.4, -0.2) is 50.2 Å². The number of nitrogens with zero attached hydrogens (tertiary/aromatic N) is 3. The highest BCUT2D eigenvalue weighted by Crippen LogP contribution is 2.30. The Kier molecular flexibility index (Phi) is 5.48. The molecule has 0 saturated carbocycles. The van der Waals surface area contributed by atoms with Crippen LogP contribution in [-0.2, 0) is 0 Å². The number of likely N-dealkylation sites (tertiary alicyclic amines) is 1.